The van der Waals surface area contributed by atoms with Gasteiger partial charge >= 0.3 is 0 Å². The first-order valence-corrected chi connectivity index (χ1v) is 5.78. The van der Waals surface area contributed by atoms with Gasteiger partial charge in [-0.15, -0.1) is 0 Å². The normalized spacial score (nSPS) is 20.1. The maximum atomic E-state index is 9.69. The standard InChI is InChI=1S/C13H20N2O/c1-13(2,3)15-10-7-9-5-4-6-11(16)12(9)14-8-10/h4-6,10,14-16H,7-8H2,1-3H3. The molecule has 3 N–H and O–H groups in total. The van der Waals surface area contributed by atoms with Crippen LogP contribution in [-0.4, -0.2) is 23.2 Å². The largest absolute Gasteiger partial charge is 0.506 e. The summed E-state index contributed by atoms with van der Waals surface area (Å²) in [5.74, 6) is 0.353. The molecule has 16 heavy (non-hydrogen) atoms. The van der Waals surface area contributed by atoms with Crippen LogP contribution in [0, 0.1) is 0 Å². The number of phenolic OH excluding ortho intramolecular Hbond substituents is 1. The maximum absolute atomic E-state index is 9.69. The second-order valence-electron chi connectivity index (χ2n) is 5.49. The minimum Gasteiger partial charge on any atom is -0.506 e. The minimum absolute atomic E-state index is 0.126. The number of aromatic hydroxyl groups is 1. The van der Waals surface area contributed by atoms with Crippen LogP contribution >= 0.6 is 0 Å². The summed E-state index contributed by atoms with van der Waals surface area (Å²) in [6.07, 6.45) is 0.966. The van der Waals surface area contributed by atoms with Crippen LogP contribution in [0.3, 0.4) is 0 Å². The summed E-state index contributed by atoms with van der Waals surface area (Å²) in [5.41, 5.74) is 2.21. The highest BCUT2D eigenvalue weighted by atomic mass is 16.3. The summed E-state index contributed by atoms with van der Waals surface area (Å²) in [7, 11) is 0. The number of nitrogens with one attached hydrogen (secondary N) is 2. The number of anilines is 1. The van der Waals surface area contributed by atoms with Gasteiger partial charge < -0.3 is 15.7 Å². The Hall–Kier alpha value is -1.22. The molecule has 1 aromatic rings. The third-order valence-corrected chi connectivity index (χ3v) is 2.76. The molecule has 1 aromatic carbocycles. The van der Waals surface area contributed by atoms with Gasteiger partial charge in [0.05, 0.1) is 5.69 Å². The van der Waals surface area contributed by atoms with Crippen LogP contribution in [0.1, 0.15) is 26.3 Å². The monoisotopic (exact) mass is 220 g/mol. The van der Waals surface area contributed by atoms with E-state index in [1.807, 2.05) is 6.07 Å². The van der Waals surface area contributed by atoms with Crippen molar-refractivity contribution in [3.8, 4) is 5.75 Å². The van der Waals surface area contributed by atoms with Crippen LogP contribution in [0.4, 0.5) is 5.69 Å². The van der Waals surface area contributed by atoms with E-state index in [9.17, 15) is 5.11 Å². The molecule has 0 amide bonds. The molecule has 0 bridgehead atoms. The zero-order valence-electron chi connectivity index (χ0n) is 10.2. The van der Waals surface area contributed by atoms with Crippen molar-refractivity contribution >= 4 is 5.69 Å². The Balaban J connectivity index is 2.12. The summed E-state index contributed by atoms with van der Waals surface area (Å²) in [4.78, 5) is 0. The van der Waals surface area contributed by atoms with E-state index >= 15 is 0 Å². The highest BCUT2D eigenvalue weighted by molar-refractivity contribution is 5.63. The fraction of sp³-hybridized carbons (Fsp3) is 0.538. The lowest BCUT2D eigenvalue weighted by Crippen LogP contribution is -2.49. The fourth-order valence-electron chi connectivity index (χ4n) is 2.24. The van der Waals surface area contributed by atoms with Gasteiger partial charge in [-0.2, -0.15) is 0 Å². The van der Waals surface area contributed by atoms with Gasteiger partial charge in [0, 0.05) is 18.1 Å². The molecule has 0 spiro atoms. The average Bonchev–Trinajstić information content (AvgIpc) is 2.15. The van der Waals surface area contributed by atoms with E-state index in [4.69, 9.17) is 0 Å². The summed E-state index contributed by atoms with van der Waals surface area (Å²) < 4.78 is 0. The zero-order valence-corrected chi connectivity index (χ0v) is 10.2. The van der Waals surface area contributed by atoms with Crippen LogP contribution in [-0.2, 0) is 6.42 Å². The molecule has 0 radical (unpaired) electrons. The van der Waals surface area contributed by atoms with Crippen molar-refractivity contribution in [2.75, 3.05) is 11.9 Å². The second-order valence-corrected chi connectivity index (χ2v) is 5.49. The highest BCUT2D eigenvalue weighted by Crippen LogP contribution is 2.31. The number of hydrogen-bond donors (Lipinski definition) is 3. The molecule has 1 heterocycles. The van der Waals surface area contributed by atoms with Crippen LogP contribution in [0.2, 0.25) is 0 Å². The molecule has 0 saturated heterocycles. The number of para-hydroxylation sites is 1. The van der Waals surface area contributed by atoms with E-state index in [0.717, 1.165) is 18.7 Å². The number of benzene rings is 1. The summed E-state index contributed by atoms with van der Waals surface area (Å²) >= 11 is 0. The topological polar surface area (TPSA) is 44.3 Å². The van der Waals surface area contributed by atoms with E-state index in [2.05, 4.69) is 37.5 Å². The van der Waals surface area contributed by atoms with Gasteiger partial charge in [0.2, 0.25) is 0 Å². The SMILES string of the molecule is CC(C)(C)NC1CNc2c(O)cccc2C1. The second kappa shape index (κ2) is 3.98. The Morgan fingerprint density at radius 1 is 1.38 bits per heavy atom. The van der Waals surface area contributed by atoms with Crippen molar-refractivity contribution in [1.29, 1.82) is 0 Å². The molecule has 1 aliphatic heterocycles. The van der Waals surface area contributed by atoms with Crippen LogP contribution in [0.15, 0.2) is 18.2 Å². The smallest absolute Gasteiger partial charge is 0.138 e. The van der Waals surface area contributed by atoms with E-state index in [-0.39, 0.29) is 5.54 Å². The van der Waals surface area contributed by atoms with E-state index in [1.165, 1.54) is 5.56 Å². The van der Waals surface area contributed by atoms with Gasteiger partial charge in [-0.1, -0.05) is 12.1 Å². The molecule has 1 atom stereocenters. The van der Waals surface area contributed by atoms with Crippen molar-refractivity contribution in [2.45, 2.75) is 38.8 Å². The minimum atomic E-state index is 0.126. The lowest BCUT2D eigenvalue weighted by Gasteiger charge is -2.33. The van der Waals surface area contributed by atoms with Crippen molar-refractivity contribution in [2.24, 2.45) is 0 Å². The third-order valence-electron chi connectivity index (χ3n) is 2.76. The molecule has 3 heteroatoms. The van der Waals surface area contributed by atoms with Gasteiger partial charge in [-0.25, -0.2) is 0 Å². The Morgan fingerprint density at radius 3 is 2.81 bits per heavy atom. The van der Waals surface area contributed by atoms with Crippen LogP contribution < -0.4 is 10.6 Å². The lowest BCUT2D eigenvalue weighted by molar-refractivity contribution is 0.359. The molecule has 0 aliphatic carbocycles. The molecule has 0 saturated carbocycles. The molecule has 88 valence electrons. The van der Waals surface area contributed by atoms with Crippen LogP contribution in [0.25, 0.3) is 0 Å². The Kier molecular flexibility index (Phi) is 2.80. The van der Waals surface area contributed by atoms with Gasteiger partial charge in [0.25, 0.3) is 0 Å². The quantitative estimate of drug-likeness (QED) is 0.635. The number of rotatable bonds is 1. The number of fused-ring (bicyclic) bond motifs is 1. The van der Waals surface area contributed by atoms with Gasteiger partial charge in [0.1, 0.15) is 5.75 Å². The molecule has 3 nitrogen and oxygen atoms in total. The van der Waals surface area contributed by atoms with Gasteiger partial charge in [-0.05, 0) is 38.8 Å². The first-order valence-electron chi connectivity index (χ1n) is 5.78. The average molecular weight is 220 g/mol. The lowest BCUT2D eigenvalue weighted by atomic mass is 9.96. The first kappa shape index (κ1) is 11.3. The van der Waals surface area contributed by atoms with E-state index in [1.54, 1.807) is 6.07 Å². The third kappa shape index (κ3) is 2.47. The number of hydrogen-bond acceptors (Lipinski definition) is 3. The van der Waals surface area contributed by atoms with Crippen molar-refractivity contribution < 1.29 is 5.11 Å². The van der Waals surface area contributed by atoms with Crippen molar-refractivity contribution in [3.05, 3.63) is 23.8 Å². The predicted octanol–water partition coefficient (Wildman–Crippen LogP) is 2.12. The fourth-order valence-corrected chi connectivity index (χ4v) is 2.24. The Morgan fingerprint density at radius 2 is 2.12 bits per heavy atom. The Labute approximate surface area is 96.9 Å². The molecule has 1 unspecified atom stereocenters. The molecule has 1 aliphatic rings. The highest BCUT2D eigenvalue weighted by Gasteiger charge is 2.23. The maximum Gasteiger partial charge on any atom is 0.138 e. The molecular formula is C13H20N2O. The van der Waals surface area contributed by atoms with Gasteiger partial charge in [0.15, 0.2) is 0 Å². The molecule has 0 aromatic heterocycles. The Bertz CT molecular complexity index is 382. The van der Waals surface area contributed by atoms with Crippen LogP contribution in [0.5, 0.6) is 5.75 Å². The summed E-state index contributed by atoms with van der Waals surface area (Å²) in [5, 5.41) is 16.6. The predicted molar refractivity (Wildman–Crippen MR) is 67.0 cm³/mol. The van der Waals surface area contributed by atoms with E-state index < -0.39 is 0 Å². The molecular weight excluding hydrogens is 200 g/mol. The molecule has 0 fully saturated rings. The summed E-state index contributed by atoms with van der Waals surface area (Å²) in [6, 6.07) is 6.12. The zero-order chi connectivity index (χ0) is 11.8. The van der Waals surface area contributed by atoms with Gasteiger partial charge in [-0.3, -0.25) is 0 Å². The number of phenols is 1. The molecule has 2 rings (SSSR count). The summed E-state index contributed by atoms with van der Waals surface area (Å²) in [6.45, 7) is 7.38. The first-order chi connectivity index (χ1) is 7.46. The van der Waals surface area contributed by atoms with Crippen molar-refractivity contribution in [3.63, 3.8) is 0 Å². The van der Waals surface area contributed by atoms with E-state index in [0.29, 0.717) is 11.8 Å². The van der Waals surface area contributed by atoms with Crippen molar-refractivity contribution in [1.82, 2.24) is 5.32 Å².